The number of alkyl halides is 1. The fourth-order valence-corrected chi connectivity index (χ4v) is 3.94. The van der Waals surface area contributed by atoms with Crippen molar-refractivity contribution < 1.29 is 9.53 Å². The molecule has 2 aliphatic heterocycles. The Bertz CT molecular complexity index is 437. The van der Waals surface area contributed by atoms with Gasteiger partial charge in [-0.15, -0.1) is 0 Å². The Balaban J connectivity index is 1.60. The second kappa shape index (κ2) is 4.92. The summed E-state index contributed by atoms with van der Waals surface area (Å²) >= 11 is 3.65. The zero-order valence-electron chi connectivity index (χ0n) is 10.1. The Hall–Kier alpha value is -1.03. The molecule has 1 aromatic rings. The molecule has 0 spiro atoms. The zero-order valence-corrected chi connectivity index (χ0v) is 11.7. The van der Waals surface area contributed by atoms with Crippen LogP contribution in [0.25, 0.3) is 0 Å². The molecule has 3 atom stereocenters. The van der Waals surface area contributed by atoms with E-state index in [1.807, 2.05) is 35.2 Å². The minimum Gasteiger partial charge on any atom is -0.445 e. The van der Waals surface area contributed by atoms with Crippen LogP contribution in [0.2, 0.25) is 0 Å². The summed E-state index contributed by atoms with van der Waals surface area (Å²) in [6.07, 6.45) is 3.12. The topological polar surface area (TPSA) is 29.5 Å². The van der Waals surface area contributed by atoms with Gasteiger partial charge in [0.1, 0.15) is 6.61 Å². The fraction of sp³-hybridized carbons (Fsp3) is 0.500. The van der Waals surface area contributed by atoms with E-state index < -0.39 is 0 Å². The van der Waals surface area contributed by atoms with Crippen LogP contribution in [0.1, 0.15) is 24.8 Å². The third-order valence-corrected chi connectivity index (χ3v) is 4.86. The number of benzene rings is 1. The highest BCUT2D eigenvalue weighted by atomic mass is 79.9. The number of carbonyl (C=O) groups excluding carboxylic acids is 1. The van der Waals surface area contributed by atoms with Crippen LogP contribution in [0.4, 0.5) is 4.79 Å². The van der Waals surface area contributed by atoms with E-state index in [1.165, 1.54) is 0 Å². The summed E-state index contributed by atoms with van der Waals surface area (Å²) in [5.74, 6) is 0. The van der Waals surface area contributed by atoms with Gasteiger partial charge in [0.05, 0.1) is 0 Å². The summed E-state index contributed by atoms with van der Waals surface area (Å²) in [5, 5.41) is 0. The lowest BCUT2D eigenvalue weighted by molar-refractivity contribution is 0.0911. The summed E-state index contributed by atoms with van der Waals surface area (Å²) < 4.78 is 5.41. The highest BCUT2D eigenvalue weighted by Crippen LogP contribution is 2.41. The van der Waals surface area contributed by atoms with E-state index in [0.29, 0.717) is 23.5 Å². The molecule has 3 unspecified atom stereocenters. The molecule has 2 saturated heterocycles. The van der Waals surface area contributed by atoms with Gasteiger partial charge < -0.3 is 9.64 Å². The lowest BCUT2D eigenvalue weighted by atomic mass is 10.0. The predicted molar refractivity (Wildman–Crippen MR) is 72.6 cm³/mol. The minimum atomic E-state index is -0.159. The van der Waals surface area contributed by atoms with Crippen molar-refractivity contribution in [2.45, 2.75) is 42.8 Å². The van der Waals surface area contributed by atoms with Crippen molar-refractivity contribution in [3.8, 4) is 0 Å². The minimum absolute atomic E-state index is 0.159. The van der Waals surface area contributed by atoms with Crippen LogP contribution in [-0.4, -0.2) is 27.9 Å². The molecule has 2 fully saturated rings. The van der Waals surface area contributed by atoms with Gasteiger partial charge in [0, 0.05) is 16.9 Å². The zero-order chi connectivity index (χ0) is 12.5. The van der Waals surface area contributed by atoms with Crippen LogP contribution in [0.3, 0.4) is 0 Å². The normalized spacial score (nSPS) is 29.6. The molecule has 2 aliphatic rings. The number of carbonyl (C=O) groups is 1. The average molecular weight is 310 g/mol. The number of hydrogen-bond donors (Lipinski definition) is 0. The third kappa shape index (κ3) is 2.14. The molecule has 1 amide bonds. The second-order valence-electron chi connectivity index (χ2n) is 5.00. The first-order valence-corrected chi connectivity index (χ1v) is 7.30. The summed E-state index contributed by atoms with van der Waals surface area (Å²) in [5.41, 5.74) is 1.03. The van der Waals surface area contributed by atoms with Gasteiger partial charge >= 0.3 is 6.09 Å². The van der Waals surface area contributed by atoms with Crippen LogP contribution in [0, 0.1) is 0 Å². The number of halogens is 1. The number of fused-ring (bicyclic) bond motifs is 2. The average Bonchev–Trinajstić information content (AvgIpc) is 2.94. The second-order valence-corrected chi connectivity index (χ2v) is 6.17. The first kappa shape index (κ1) is 12.0. The van der Waals surface area contributed by atoms with E-state index in [2.05, 4.69) is 15.9 Å². The van der Waals surface area contributed by atoms with E-state index in [9.17, 15) is 4.79 Å². The van der Waals surface area contributed by atoms with Gasteiger partial charge in [0.15, 0.2) is 0 Å². The van der Waals surface area contributed by atoms with E-state index in [0.717, 1.165) is 24.8 Å². The van der Waals surface area contributed by atoms with Gasteiger partial charge in [-0.2, -0.15) is 0 Å². The Labute approximate surface area is 115 Å². The van der Waals surface area contributed by atoms with Crippen molar-refractivity contribution in [2.75, 3.05) is 0 Å². The number of ether oxygens (including phenoxy) is 1. The van der Waals surface area contributed by atoms with Gasteiger partial charge in [-0.05, 0) is 24.8 Å². The fourth-order valence-electron chi connectivity index (χ4n) is 2.99. The van der Waals surface area contributed by atoms with Crippen LogP contribution < -0.4 is 0 Å². The van der Waals surface area contributed by atoms with Crippen molar-refractivity contribution in [1.82, 2.24) is 4.90 Å². The van der Waals surface area contributed by atoms with Crippen LogP contribution in [0.5, 0.6) is 0 Å². The van der Waals surface area contributed by atoms with E-state index in [4.69, 9.17) is 4.74 Å². The van der Waals surface area contributed by atoms with Gasteiger partial charge in [-0.3, -0.25) is 0 Å². The lowest BCUT2D eigenvalue weighted by Crippen LogP contribution is -2.36. The molecule has 0 aliphatic carbocycles. The van der Waals surface area contributed by atoms with Gasteiger partial charge in [-0.1, -0.05) is 46.3 Å². The standard InChI is InChI=1S/C14H16BrNO2/c15-12-8-11-6-7-13(12)16(11)14(17)18-9-10-4-2-1-3-5-10/h1-5,11-13H,6-9H2. The van der Waals surface area contributed by atoms with E-state index in [1.54, 1.807) is 0 Å². The molecule has 0 saturated carbocycles. The van der Waals surface area contributed by atoms with Crippen molar-refractivity contribution in [2.24, 2.45) is 0 Å². The van der Waals surface area contributed by atoms with Crippen LogP contribution >= 0.6 is 15.9 Å². The maximum absolute atomic E-state index is 12.1. The molecular formula is C14H16BrNO2. The molecule has 1 aromatic carbocycles. The largest absolute Gasteiger partial charge is 0.445 e. The number of nitrogens with zero attached hydrogens (tertiary/aromatic N) is 1. The van der Waals surface area contributed by atoms with E-state index >= 15 is 0 Å². The Morgan fingerprint density at radius 1 is 1.33 bits per heavy atom. The Morgan fingerprint density at radius 2 is 2.11 bits per heavy atom. The molecule has 2 heterocycles. The third-order valence-electron chi connectivity index (χ3n) is 3.88. The van der Waals surface area contributed by atoms with Crippen molar-refractivity contribution >= 4 is 22.0 Å². The highest BCUT2D eigenvalue weighted by Gasteiger charge is 2.48. The quantitative estimate of drug-likeness (QED) is 0.784. The molecule has 0 aromatic heterocycles. The molecule has 2 bridgehead atoms. The van der Waals surface area contributed by atoms with Crippen LogP contribution in [0.15, 0.2) is 30.3 Å². The monoisotopic (exact) mass is 309 g/mol. The summed E-state index contributed by atoms with van der Waals surface area (Å²) in [6.45, 7) is 0.364. The predicted octanol–water partition coefficient (Wildman–Crippen LogP) is 3.32. The SMILES string of the molecule is O=C(OCc1ccccc1)N1C2CCC1C(Br)C2. The summed E-state index contributed by atoms with van der Waals surface area (Å²) in [4.78, 5) is 14.5. The molecule has 3 rings (SSSR count). The maximum atomic E-state index is 12.1. The van der Waals surface area contributed by atoms with Gasteiger partial charge in [0.2, 0.25) is 0 Å². The van der Waals surface area contributed by atoms with Gasteiger partial charge in [-0.25, -0.2) is 4.79 Å². The van der Waals surface area contributed by atoms with Crippen molar-refractivity contribution in [3.63, 3.8) is 0 Å². The molecule has 0 radical (unpaired) electrons. The first-order valence-electron chi connectivity index (χ1n) is 6.39. The highest BCUT2D eigenvalue weighted by molar-refractivity contribution is 9.09. The van der Waals surface area contributed by atoms with Crippen molar-refractivity contribution in [1.29, 1.82) is 0 Å². The first-order chi connectivity index (χ1) is 8.75. The lowest BCUT2D eigenvalue weighted by Gasteiger charge is -2.21. The molecule has 0 N–H and O–H groups in total. The molecule has 18 heavy (non-hydrogen) atoms. The van der Waals surface area contributed by atoms with Crippen LogP contribution in [-0.2, 0) is 11.3 Å². The Kier molecular flexibility index (Phi) is 3.29. The number of amides is 1. The smallest absolute Gasteiger partial charge is 0.410 e. The molecule has 4 heteroatoms. The molecule has 3 nitrogen and oxygen atoms in total. The Morgan fingerprint density at radius 3 is 2.72 bits per heavy atom. The summed E-state index contributed by atoms with van der Waals surface area (Å²) in [6, 6.07) is 10.5. The van der Waals surface area contributed by atoms with Crippen molar-refractivity contribution in [3.05, 3.63) is 35.9 Å². The van der Waals surface area contributed by atoms with E-state index in [-0.39, 0.29) is 6.09 Å². The maximum Gasteiger partial charge on any atom is 0.410 e. The van der Waals surface area contributed by atoms with Gasteiger partial charge in [0.25, 0.3) is 0 Å². The summed E-state index contributed by atoms with van der Waals surface area (Å²) in [7, 11) is 0. The molecule has 96 valence electrons. The molecular weight excluding hydrogens is 294 g/mol. The number of rotatable bonds is 2. The number of hydrogen-bond acceptors (Lipinski definition) is 2.